The summed E-state index contributed by atoms with van der Waals surface area (Å²) in [7, 11) is -3.77. The van der Waals surface area contributed by atoms with Gasteiger partial charge in [0.2, 0.25) is 15.9 Å². The highest BCUT2D eigenvalue weighted by molar-refractivity contribution is 7.89. The second-order valence-electron chi connectivity index (χ2n) is 4.93. The molecule has 0 fully saturated rings. The number of benzene rings is 1. The van der Waals surface area contributed by atoms with Crippen molar-refractivity contribution in [2.75, 3.05) is 6.61 Å². The van der Waals surface area contributed by atoms with E-state index >= 15 is 0 Å². The van der Waals surface area contributed by atoms with Crippen LogP contribution in [0.3, 0.4) is 0 Å². The second-order valence-corrected chi connectivity index (χ2v) is 6.49. The van der Waals surface area contributed by atoms with E-state index in [0.29, 0.717) is 17.9 Å². The minimum Gasteiger partial charge on any atom is -0.491 e. The highest BCUT2D eigenvalue weighted by Crippen LogP contribution is 2.34. The summed E-state index contributed by atoms with van der Waals surface area (Å²) in [5.74, 6) is 0.405. The fourth-order valence-corrected chi connectivity index (χ4v) is 2.54. The van der Waals surface area contributed by atoms with Gasteiger partial charge in [0, 0.05) is 11.5 Å². The van der Waals surface area contributed by atoms with E-state index in [1.54, 1.807) is 6.07 Å². The molecule has 2 unspecified atom stereocenters. The van der Waals surface area contributed by atoms with Crippen molar-refractivity contribution in [1.82, 2.24) is 5.32 Å². The van der Waals surface area contributed by atoms with Crippen molar-refractivity contribution >= 4 is 15.9 Å². The Morgan fingerprint density at radius 3 is 2.85 bits per heavy atom. The minimum atomic E-state index is -3.77. The number of rotatable bonds is 4. The molecular weight excluding hydrogens is 280 g/mol. The van der Waals surface area contributed by atoms with Crippen molar-refractivity contribution in [2.24, 2.45) is 11.1 Å². The van der Waals surface area contributed by atoms with Gasteiger partial charge in [0.05, 0.1) is 10.9 Å². The van der Waals surface area contributed by atoms with E-state index in [1.165, 1.54) is 12.1 Å². The number of nitrogens with two attached hydrogens (primary N) is 1. The average molecular weight is 298 g/mol. The largest absolute Gasteiger partial charge is 0.491 e. The number of primary sulfonamides is 1. The molecule has 0 bridgehead atoms. The summed E-state index contributed by atoms with van der Waals surface area (Å²) in [6.45, 7) is 4.07. The van der Waals surface area contributed by atoms with Crippen molar-refractivity contribution < 1.29 is 17.9 Å². The number of carbonyl (C=O) groups excluding carboxylic acids is 1. The highest BCUT2D eigenvalue weighted by Gasteiger charge is 2.28. The maximum atomic E-state index is 11.9. The molecule has 20 heavy (non-hydrogen) atoms. The summed E-state index contributed by atoms with van der Waals surface area (Å²) in [6.07, 6.45) is 0.740. The molecule has 1 aliphatic rings. The standard InChI is InChI=1S/C13H18N2O4S/c1-3-8(2)13(16)15-11-7-19-12-5-4-9(6-10(11)12)20(14,17)18/h4-6,8,11H,3,7H2,1-2H3,(H,15,16)(H2,14,17,18). The molecule has 3 N–H and O–H groups in total. The van der Waals surface area contributed by atoms with Crippen molar-refractivity contribution in [2.45, 2.75) is 31.2 Å². The molecule has 6 nitrogen and oxygen atoms in total. The van der Waals surface area contributed by atoms with Crippen LogP contribution in [-0.4, -0.2) is 20.9 Å². The number of carbonyl (C=O) groups is 1. The van der Waals surface area contributed by atoms with Gasteiger partial charge in [-0.25, -0.2) is 13.6 Å². The number of nitrogens with one attached hydrogen (secondary N) is 1. The first kappa shape index (κ1) is 14.8. The van der Waals surface area contributed by atoms with Crippen molar-refractivity contribution in [3.63, 3.8) is 0 Å². The summed E-state index contributed by atoms with van der Waals surface area (Å²) in [4.78, 5) is 11.9. The predicted octanol–water partition coefficient (Wildman–Crippen LogP) is 0.930. The molecule has 0 saturated heterocycles. The molecule has 110 valence electrons. The van der Waals surface area contributed by atoms with Gasteiger partial charge >= 0.3 is 0 Å². The quantitative estimate of drug-likeness (QED) is 0.863. The lowest BCUT2D eigenvalue weighted by Crippen LogP contribution is -2.33. The molecule has 2 atom stereocenters. The Kier molecular flexibility index (Phi) is 4.01. The molecule has 0 radical (unpaired) electrons. The molecule has 1 aromatic rings. The summed E-state index contributed by atoms with van der Waals surface area (Å²) >= 11 is 0. The van der Waals surface area contributed by atoms with Crippen LogP contribution in [0.4, 0.5) is 0 Å². The first-order valence-electron chi connectivity index (χ1n) is 6.43. The fraction of sp³-hybridized carbons (Fsp3) is 0.462. The zero-order valence-electron chi connectivity index (χ0n) is 11.4. The van der Waals surface area contributed by atoms with Gasteiger partial charge in [-0.2, -0.15) is 0 Å². The zero-order chi connectivity index (χ0) is 14.9. The van der Waals surface area contributed by atoms with Crippen LogP contribution in [0.1, 0.15) is 31.9 Å². The number of ether oxygens (including phenoxy) is 1. The maximum absolute atomic E-state index is 11.9. The third-order valence-electron chi connectivity index (χ3n) is 3.47. The fourth-order valence-electron chi connectivity index (χ4n) is 1.99. The molecule has 1 aliphatic heterocycles. The summed E-state index contributed by atoms with van der Waals surface area (Å²) < 4.78 is 28.2. The molecular formula is C13H18N2O4S. The normalized spacial score (nSPS) is 19.1. The van der Waals surface area contributed by atoms with Crippen LogP contribution >= 0.6 is 0 Å². The van der Waals surface area contributed by atoms with Crippen molar-refractivity contribution in [3.05, 3.63) is 23.8 Å². The van der Waals surface area contributed by atoms with E-state index in [0.717, 1.165) is 6.42 Å². The van der Waals surface area contributed by atoms with Crippen LogP contribution in [0.5, 0.6) is 5.75 Å². The molecule has 7 heteroatoms. The SMILES string of the molecule is CCC(C)C(=O)NC1COc2ccc(S(N)(=O)=O)cc21. The molecule has 0 spiro atoms. The smallest absolute Gasteiger partial charge is 0.238 e. The minimum absolute atomic E-state index is 0.0181. The van der Waals surface area contributed by atoms with Crippen molar-refractivity contribution in [3.8, 4) is 5.75 Å². The van der Waals surface area contributed by atoms with E-state index in [-0.39, 0.29) is 22.8 Å². The Labute approximate surface area is 118 Å². The summed E-state index contributed by atoms with van der Waals surface area (Å²) in [6, 6.07) is 4.07. The molecule has 0 aliphatic carbocycles. The number of sulfonamides is 1. The van der Waals surface area contributed by atoms with Gasteiger partial charge in [-0.3, -0.25) is 4.79 Å². The Morgan fingerprint density at radius 2 is 2.25 bits per heavy atom. The van der Waals surface area contributed by atoms with Gasteiger partial charge in [0.1, 0.15) is 12.4 Å². The first-order chi connectivity index (χ1) is 9.32. The number of hydrogen-bond acceptors (Lipinski definition) is 4. The Bertz CT molecular complexity index is 627. The average Bonchev–Trinajstić information content (AvgIpc) is 2.79. The number of amides is 1. The molecule has 2 rings (SSSR count). The predicted molar refractivity (Wildman–Crippen MR) is 73.6 cm³/mol. The molecule has 1 aromatic carbocycles. The third kappa shape index (κ3) is 2.94. The highest BCUT2D eigenvalue weighted by atomic mass is 32.2. The lowest BCUT2D eigenvalue weighted by atomic mass is 10.1. The summed E-state index contributed by atoms with van der Waals surface area (Å²) in [5.41, 5.74) is 0.646. The zero-order valence-corrected chi connectivity index (χ0v) is 12.2. The van der Waals surface area contributed by atoms with Crippen LogP contribution in [0.25, 0.3) is 0 Å². The Morgan fingerprint density at radius 1 is 1.55 bits per heavy atom. The topological polar surface area (TPSA) is 98.5 Å². The molecule has 1 heterocycles. The van der Waals surface area contributed by atoms with Gasteiger partial charge in [-0.05, 0) is 24.6 Å². The third-order valence-corrected chi connectivity index (χ3v) is 4.38. The van der Waals surface area contributed by atoms with Gasteiger partial charge < -0.3 is 10.1 Å². The molecule has 0 aromatic heterocycles. The first-order valence-corrected chi connectivity index (χ1v) is 7.97. The van der Waals surface area contributed by atoms with Crippen LogP contribution in [0, 0.1) is 5.92 Å². The Balaban J connectivity index is 2.25. The van der Waals surface area contributed by atoms with Gasteiger partial charge in [0.25, 0.3) is 0 Å². The lowest BCUT2D eigenvalue weighted by molar-refractivity contribution is -0.125. The van der Waals surface area contributed by atoms with Gasteiger partial charge in [0.15, 0.2) is 0 Å². The van der Waals surface area contributed by atoms with E-state index in [4.69, 9.17) is 9.88 Å². The van der Waals surface area contributed by atoms with E-state index < -0.39 is 10.0 Å². The second kappa shape index (κ2) is 5.41. The monoisotopic (exact) mass is 298 g/mol. The van der Waals surface area contributed by atoms with Gasteiger partial charge in [-0.15, -0.1) is 0 Å². The molecule has 0 saturated carbocycles. The van der Waals surface area contributed by atoms with E-state index in [2.05, 4.69) is 5.32 Å². The maximum Gasteiger partial charge on any atom is 0.238 e. The summed E-state index contributed by atoms with van der Waals surface area (Å²) in [5, 5.41) is 7.98. The lowest BCUT2D eigenvalue weighted by Gasteiger charge is -2.15. The van der Waals surface area contributed by atoms with Crippen LogP contribution < -0.4 is 15.2 Å². The van der Waals surface area contributed by atoms with E-state index in [9.17, 15) is 13.2 Å². The number of fused-ring (bicyclic) bond motifs is 1. The van der Waals surface area contributed by atoms with Crippen molar-refractivity contribution in [1.29, 1.82) is 0 Å². The van der Waals surface area contributed by atoms with Crippen LogP contribution in [0.15, 0.2) is 23.1 Å². The molecule has 1 amide bonds. The van der Waals surface area contributed by atoms with Crippen LogP contribution in [0.2, 0.25) is 0 Å². The van der Waals surface area contributed by atoms with E-state index in [1.807, 2.05) is 13.8 Å². The number of hydrogen-bond donors (Lipinski definition) is 2. The van der Waals surface area contributed by atoms with Crippen LogP contribution in [-0.2, 0) is 14.8 Å². The Hall–Kier alpha value is -1.60. The van der Waals surface area contributed by atoms with Gasteiger partial charge in [-0.1, -0.05) is 13.8 Å².